The van der Waals surface area contributed by atoms with Gasteiger partial charge in [0.1, 0.15) is 5.44 Å². The zero-order chi connectivity index (χ0) is 19.6. The Morgan fingerprint density at radius 3 is 2.11 bits per heavy atom. The van der Waals surface area contributed by atoms with Crippen LogP contribution in [0.2, 0.25) is 0 Å². The van der Waals surface area contributed by atoms with Gasteiger partial charge in [0.05, 0.1) is 4.58 Å². The summed E-state index contributed by atoms with van der Waals surface area (Å²) < 4.78 is 6.39. The second kappa shape index (κ2) is 12.7. The van der Waals surface area contributed by atoms with Crippen molar-refractivity contribution in [2.45, 2.75) is 86.6 Å². The highest BCUT2D eigenvalue weighted by Crippen LogP contribution is 2.45. The normalized spacial score (nSPS) is 32.9. The zero-order valence-electron chi connectivity index (χ0n) is 17.7. The van der Waals surface area contributed by atoms with E-state index in [9.17, 15) is 0 Å². The van der Waals surface area contributed by atoms with Crippen LogP contribution in [0.4, 0.5) is 0 Å². The van der Waals surface area contributed by atoms with Crippen LogP contribution in [0.3, 0.4) is 0 Å². The van der Waals surface area contributed by atoms with Crippen LogP contribution in [-0.4, -0.2) is 27.1 Å². The predicted octanol–water partition coefficient (Wildman–Crippen LogP) is 7.70. The summed E-state index contributed by atoms with van der Waals surface area (Å²) in [6.45, 7) is 12.3. The van der Waals surface area contributed by atoms with Crippen LogP contribution in [0.15, 0.2) is 30.3 Å². The lowest BCUT2D eigenvalue weighted by atomic mass is 10.0. The zero-order valence-corrected chi connectivity index (χ0v) is 20.2. The van der Waals surface area contributed by atoms with Gasteiger partial charge in [-0.2, -0.15) is 0 Å². The molecule has 0 amide bonds. The molecule has 2 aliphatic heterocycles. The molecule has 0 aliphatic carbocycles. The third kappa shape index (κ3) is 7.87. The summed E-state index contributed by atoms with van der Waals surface area (Å²) in [5, 5.41) is 1.74. The number of hydrogen-bond acceptors (Lipinski definition) is 4. The Balaban J connectivity index is 0.000000208. The van der Waals surface area contributed by atoms with Crippen LogP contribution in [-0.2, 0) is 10.5 Å². The van der Waals surface area contributed by atoms with Crippen molar-refractivity contribution in [1.82, 2.24) is 0 Å². The van der Waals surface area contributed by atoms with E-state index in [1.54, 1.807) is 0 Å². The number of ether oxygens (including phenoxy) is 1. The summed E-state index contributed by atoms with van der Waals surface area (Å²) in [7, 11) is 0. The topological polar surface area (TPSA) is 9.23 Å². The molecule has 4 heteroatoms. The minimum Gasteiger partial charge on any atom is -0.368 e. The SMILES string of the molecule is CCOC1C[C@H](C)[C@@H](CC)S1.CC[C@H]1SC(SCc2ccccc2)C[C@@H]1C. The molecule has 2 unspecified atom stereocenters. The van der Waals surface area contributed by atoms with Gasteiger partial charge in [-0.05, 0) is 50.0 Å². The highest BCUT2D eigenvalue weighted by atomic mass is 32.2. The molecule has 6 atom stereocenters. The molecular weight excluding hydrogens is 388 g/mol. The van der Waals surface area contributed by atoms with Crippen molar-refractivity contribution >= 4 is 35.3 Å². The Labute approximate surface area is 180 Å². The summed E-state index contributed by atoms with van der Waals surface area (Å²) >= 11 is 6.35. The molecule has 0 aromatic heterocycles. The quantitative estimate of drug-likeness (QED) is 0.441. The van der Waals surface area contributed by atoms with Crippen LogP contribution in [0.25, 0.3) is 0 Å². The van der Waals surface area contributed by atoms with E-state index in [-0.39, 0.29) is 0 Å². The summed E-state index contributed by atoms with van der Waals surface area (Å²) in [5.41, 5.74) is 1.95. The lowest BCUT2D eigenvalue weighted by Crippen LogP contribution is -2.05. The van der Waals surface area contributed by atoms with Gasteiger partial charge in [-0.1, -0.05) is 58.0 Å². The molecule has 27 heavy (non-hydrogen) atoms. The molecule has 0 spiro atoms. The third-order valence-electron chi connectivity index (χ3n) is 5.49. The molecule has 2 fully saturated rings. The maximum atomic E-state index is 5.57. The van der Waals surface area contributed by atoms with Gasteiger partial charge in [-0.15, -0.1) is 35.3 Å². The molecule has 0 radical (unpaired) electrons. The summed E-state index contributed by atoms with van der Waals surface area (Å²) in [6.07, 6.45) is 5.25. The van der Waals surface area contributed by atoms with Gasteiger partial charge in [-0.3, -0.25) is 0 Å². The number of benzene rings is 1. The second-order valence-corrected chi connectivity index (χ2v) is 12.0. The van der Waals surface area contributed by atoms with E-state index in [0.29, 0.717) is 5.44 Å². The number of rotatable bonds is 7. The maximum absolute atomic E-state index is 5.57. The maximum Gasteiger partial charge on any atom is 0.103 e. The fraction of sp³-hybridized carbons (Fsp3) is 0.739. The molecule has 2 aliphatic rings. The van der Waals surface area contributed by atoms with E-state index in [0.717, 1.165) is 33.5 Å². The van der Waals surface area contributed by atoms with Crippen molar-refractivity contribution in [2.24, 2.45) is 11.8 Å². The first-order chi connectivity index (χ1) is 13.1. The molecule has 0 saturated carbocycles. The third-order valence-corrected chi connectivity index (χ3v) is 10.7. The van der Waals surface area contributed by atoms with Crippen molar-refractivity contribution in [3.63, 3.8) is 0 Å². The van der Waals surface area contributed by atoms with E-state index in [1.165, 1.54) is 37.0 Å². The van der Waals surface area contributed by atoms with Gasteiger partial charge < -0.3 is 4.74 Å². The predicted molar refractivity (Wildman–Crippen MR) is 128 cm³/mol. The van der Waals surface area contributed by atoms with Crippen molar-refractivity contribution in [1.29, 1.82) is 0 Å². The Hall–Kier alpha value is 0.230. The van der Waals surface area contributed by atoms with Crippen molar-refractivity contribution in [3.05, 3.63) is 35.9 Å². The van der Waals surface area contributed by atoms with Crippen LogP contribution in [0.1, 0.15) is 65.9 Å². The molecule has 0 bridgehead atoms. The standard InChI is InChI=1S/C14H20S2.C9H18OS/c1-3-13-11(2)9-14(16-13)15-10-12-7-5-4-6-8-12;1-4-8-7(3)6-9(11-8)10-5-2/h4-8,11,13-14H,3,9-10H2,1-2H3;7-9H,4-6H2,1-3H3/t11-,13+,14?;7-,8+,9?/m00/s1. The minimum absolute atomic E-state index is 0.486. The van der Waals surface area contributed by atoms with Crippen LogP contribution >= 0.6 is 35.3 Å². The highest BCUT2D eigenvalue weighted by Gasteiger charge is 2.31. The highest BCUT2D eigenvalue weighted by molar-refractivity contribution is 8.17. The second-order valence-electron chi connectivity index (χ2n) is 7.70. The van der Waals surface area contributed by atoms with E-state index < -0.39 is 0 Å². The van der Waals surface area contributed by atoms with Crippen molar-refractivity contribution < 1.29 is 4.74 Å². The average molecular weight is 427 g/mol. The van der Waals surface area contributed by atoms with Crippen LogP contribution in [0.5, 0.6) is 0 Å². The first-order valence-corrected chi connectivity index (χ1v) is 13.6. The fourth-order valence-corrected chi connectivity index (χ4v) is 8.77. The van der Waals surface area contributed by atoms with Gasteiger partial charge >= 0.3 is 0 Å². The molecule has 154 valence electrons. The first-order valence-electron chi connectivity index (χ1n) is 10.6. The van der Waals surface area contributed by atoms with Gasteiger partial charge in [-0.25, -0.2) is 0 Å². The summed E-state index contributed by atoms with van der Waals surface area (Å²) in [4.78, 5) is 0. The van der Waals surface area contributed by atoms with Gasteiger partial charge in [0.2, 0.25) is 0 Å². The van der Waals surface area contributed by atoms with E-state index >= 15 is 0 Å². The molecule has 3 rings (SSSR count). The van der Waals surface area contributed by atoms with Gasteiger partial charge in [0.15, 0.2) is 0 Å². The Morgan fingerprint density at radius 1 is 0.926 bits per heavy atom. The number of hydrogen-bond donors (Lipinski definition) is 0. The molecule has 1 nitrogen and oxygen atoms in total. The van der Waals surface area contributed by atoms with Gasteiger partial charge in [0, 0.05) is 22.9 Å². The van der Waals surface area contributed by atoms with Crippen molar-refractivity contribution in [2.75, 3.05) is 6.61 Å². The van der Waals surface area contributed by atoms with Gasteiger partial charge in [0.25, 0.3) is 0 Å². The summed E-state index contributed by atoms with van der Waals surface area (Å²) in [5.74, 6) is 2.92. The smallest absolute Gasteiger partial charge is 0.103 e. The number of thioether (sulfide) groups is 3. The molecule has 0 N–H and O–H groups in total. The Kier molecular flexibility index (Phi) is 11.1. The monoisotopic (exact) mass is 426 g/mol. The lowest BCUT2D eigenvalue weighted by molar-refractivity contribution is 0.116. The van der Waals surface area contributed by atoms with E-state index in [4.69, 9.17) is 4.74 Å². The molecule has 1 aromatic carbocycles. The summed E-state index contributed by atoms with van der Waals surface area (Å²) in [6, 6.07) is 10.8. The lowest BCUT2D eigenvalue weighted by Gasteiger charge is -2.10. The molecule has 2 heterocycles. The van der Waals surface area contributed by atoms with Crippen molar-refractivity contribution in [3.8, 4) is 0 Å². The van der Waals surface area contributed by atoms with E-state index in [1.807, 2.05) is 11.8 Å². The van der Waals surface area contributed by atoms with Crippen LogP contribution in [0, 0.1) is 11.8 Å². The Morgan fingerprint density at radius 2 is 1.56 bits per heavy atom. The van der Waals surface area contributed by atoms with E-state index in [2.05, 4.69) is 88.5 Å². The Bertz CT molecular complexity index is 510. The fourth-order valence-electron chi connectivity index (χ4n) is 3.84. The average Bonchev–Trinajstić information content (AvgIpc) is 3.23. The minimum atomic E-state index is 0.486. The molecular formula is C23H38OS3. The van der Waals surface area contributed by atoms with Crippen LogP contribution < -0.4 is 0 Å². The molecule has 1 aromatic rings. The molecule has 2 saturated heterocycles. The first kappa shape index (κ1) is 23.5. The largest absolute Gasteiger partial charge is 0.368 e.